The average Bonchev–Trinajstić information content (AvgIpc) is 2.42. The molecule has 2 N–H and O–H groups in total. The predicted octanol–water partition coefficient (Wildman–Crippen LogP) is 2.80. The first kappa shape index (κ1) is 13.4. The van der Waals surface area contributed by atoms with Crippen molar-refractivity contribution in [2.45, 2.75) is 6.92 Å². The molecule has 0 amide bonds. The van der Waals surface area contributed by atoms with E-state index >= 15 is 0 Å². The normalized spacial score (nSPS) is 10.3. The summed E-state index contributed by atoms with van der Waals surface area (Å²) >= 11 is 5.89. The summed E-state index contributed by atoms with van der Waals surface area (Å²) < 4.78 is 5.33. The minimum Gasteiger partial charge on any atom is -0.495 e. The lowest BCUT2D eigenvalue weighted by molar-refractivity contribution is 0.415. The van der Waals surface area contributed by atoms with E-state index in [-0.39, 0.29) is 5.28 Å². The second kappa shape index (κ2) is 5.32. The maximum Gasteiger partial charge on any atom is 0.224 e. The molecule has 100 valence electrons. The number of methoxy groups -OCH3 is 1. The van der Waals surface area contributed by atoms with Gasteiger partial charge in [-0.2, -0.15) is 4.98 Å². The quantitative estimate of drug-likeness (QED) is 0.875. The van der Waals surface area contributed by atoms with Crippen LogP contribution in [0.4, 0.5) is 17.2 Å². The predicted molar refractivity (Wildman–Crippen MR) is 77.2 cm³/mol. The number of hydrogen-bond donors (Lipinski definition) is 1. The van der Waals surface area contributed by atoms with Crippen molar-refractivity contribution < 1.29 is 4.74 Å². The van der Waals surface area contributed by atoms with Gasteiger partial charge in [-0.25, -0.2) is 4.98 Å². The van der Waals surface area contributed by atoms with Crippen molar-refractivity contribution in [3.63, 3.8) is 0 Å². The van der Waals surface area contributed by atoms with Crippen LogP contribution < -0.4 is 15.4 Å². The molecular formula is C13H15ClN4O. The minimum absolute atomic E-state index is 0.170. The van der Waals surface area contributed by atoms with E-state index in [2.05, 4.69) is 9.97 Å². The topological polar surface area (TPSA) is 64.3 Å². The van der Waals surface area contributed by atoms with Crippen LogP contribution >= 0.6 is 11.6 Å². The third-order valence-electron chi connectivity index (χ3n) is 2.85. The Morgan fingerprint density at radius 3 is 2.63 bits per heavy atom. The third kappa shape index (κ3) is 2.56. The summed E-state index contributed by atoms with van der Waals surface area (Å²) in [6.07, 6.45) is 0. The highest BCUT2D eigenvalue weighted by Crippen LogP contribution is 2.34. The molecule has 0 aliphatic carbocycles. The minimum atomic E-state index is 0.170. The zero-order valence-corrected chi connectivity index (χ0v) is 11.8. The fourth-order valence-corrected chi connectivity index (χ4v) is 2.02. The van der Waals surface area contributed by atoms with Crippen LogP contribution in [0.25, 0.3) is 0 Å². The van der Waals surface area contributed by atoms with Gasteiger partial charge >= 0.3 is 0 Å². The molecule has 0 fully saturated rings. The molecule has 0 spiro atoms. The Hall–Kier alpha value is -2.01. The van der Waals surface area contributed by atoms with Crippen LogP contribution in [0.3, 0.4) is 0 Å². The molecule has 1 aromatic heterocycles. The molecule has 19 heavy (non-hydrogen) atoms. The van der Waals surface area contributed by atoms with Gasteiger partial charge in [0.15, 0.2) is 5.82 Å². The van der Waals surface area contributed by atoms with Crippen LogP contribution in [0.1, 0.15) is 5.69 Å². The van der Waals surface area contributed by atoms with Crippen LogP contribution in [-0.4, -0.2) is 24.1 Å². The van der Waals surface area contributed by atoms with E-state index < -0.39 is 0 Å². The Balaban J connectivity index is 2.53. The molecule has 0 aliphatic rings. The molecule has 0 bridgehead atoms. The van der Waals surface area contributed by atoms with Gasteiger partial charge in [-0.05, 0) is 30.7 Å². The van der Waals surface area contributed by atoms with Crippen molar-refractivity contribution in [1.82, 2.24) is 9.97 Å². The molecule has 2 aromatic rings. The molecule has 0 saturated carbocycles. The number of aromatic nitrogens is 2. The first-order valence-corrected chi connectivity index (χ1v) is 6.08. The summed E-state index contributed by atoms with van der Waals surface area (Å²) in [6.45, 7) is 1.79. The zero-order valence-electron chi connectivity index (χ0n) is 11.0. The standard InChI is InChI=1S/C13H15ClN4O/c1-8-11(15)12(17-13(14)16-8)18(2)9-6-4-5-7-10(9)19-3/h4-7H,15H2,1-3H3. The van der Waals surface area contributed by atoms with Gasteiger partial charge in [0.05, 0.1) is 24.2 Å². The Bertz CT molecular complexity index is 603. The zero-order chi connectivity index (χ0) is 14.0. The summed E-state index contributed by atoms with van der Waals surface area (Å²) in [5, 5.41) is 0.170. The van der Waals surface area contributed by atoms with Gasteiger partial charge in [-0.1, -0.05) is 12.1 Å². The third-order valence-corrected chi connectivity index (χ3v) is 3.02. The van der Waals surface area contributed by atoms with Crippen molar-refractivity contribution in [3.8, 4) is 5.75 Å². The molecule has 1 heterocycles. The number of rotatable bonds is 3. The molecule has 0 unspecified atom stereocenters. The number of nitrogens with two attached hydrogens (primary N) is 1. The lowest BCUT2D eigenvalue weighted by atomic mass is 10.2. The van der Waals surface area contributed by atoms with Gasteiger partial charge in [-0.15, -0.1) is 0 Å². The Morgan fingerprint density at radius 1 is 1.26 bits per heavy atom. The van der Waals surface area contributed by atoms with Gasteiger partial charge in [-0.3, -0.25) is 0 Å². The number of benzene rings is 1. The van der Waals surface area contributed by atoms with Crippen molar-refractivity contribution in [2.75, 3.05) is 24.8 Å². The SMILES string of the molecule is COc1ccccc1N(C)c1nc(Cl)nc(C)c1N. The second-order valence-corrected chi connectivity index (χ2v) is 4.38. The summed E-state index contributed by atoms with van der Waals surface area (Å²) in [7, 11) is 3.47. The molecular weight excluding hydrogens is 264 g/mol. The van der Waals surface area contributed by atoms with Crippen LogP contribution in [-0.2, 0) is 0 Å². The molecule has 1 aromatic carbocycles. The molecule has 5 nitrogen and oxygen atoms in total. The van der Waals surface area contributed by atoms with Gasteiger partial charge < -0.3 is 15.4 Å². The Morgan fingerprint density at radius 2 is 1.95 bits per heavy atom. The number of anilines is 3. The van der Waals surface area contributed by atoms with Gasteiger partial charge in [0.2, 0.25) is 5.28 Å². The van der Waals surface area contributed by atoms with E-state index in [0.29, 0.717) is 17.2 Å². The number of halogens is 1. The van der Waals surface area contributed by atoms with Gasteiger partial charge in [0.1, 0.15) is 5.75 Å². The monoisotopic (exact) mass is 278 g/mol. The van der Waals surface area contributed by atoms with Gasteiger partial charge in [0.25, 0.3) is 0 Å². The van der Waals surface area contributed by atoms with Crippen LogP contribution in [0.2, 0.25) is 5.28 Å². The molecule has 0 atom stereocenters. The van der Waals surface area contributed by atoms with E-state index in [4.69, 9.17) is 22.1 Å². The lowest BCUT2D eigenvalue weighted by Crippen LogP contribution is -2.16. The molecule has 2 rings (SSSR count). The van der Waals surface area contributed by atoms with Gasteiger partial charge in [0, 0.05) is 7.05 Å². The van der Waals surface area contributed by atoms with Crippen LogP contribution in [0.5, 0.6) is 5.75 Å². The maximum absolute atomic E-state index is 6.02. The van der Waals surface area contributed by atoms with E-state index in [0.717, 1.165) is 11.4 Å². The molecule has 0 aliphatic heterocycles. The highest BCUT2D eigenvalue weighted by molar-refractivity contribution is 6.28. The number of aryl methyl sites for hydroxylation is 1. The van der Waals surface area contributed by atoms with E-state index in [9.17, 15) is 0 Å². The Labute approximate surface area is 117 Å². The lowest BCUT2D eigenvalue weighted by Gasteiger charge is -2.22. The van der Waals surface area contributed by atoms with Crippen LogP contribution in [0.15, 0.2) is 24.3 Å². The fourth-order valence-electron chi connectivity index (χ4n) is 1.81. The highest BCUT2D eigenvalue weighted by Gasteiger charge is 2.16. The number of nitrogens with zero attached hydrogens (tertiary/aromatic N) is 3. The van der Waals surface area contributed by atoms with Crippen molar-refractivity contribution >= 4 is 28.8 Å². The summed E-state index contributed by atoms with van der Waals surface area (Å²) in [4.78, 5) is 10.0. The second-order valence-electron chi connectivity index (χ2n) is 4.05. The average molecular weight is 279 g/mol. The number of para-hydroxylation sites is 2. The number of ether oxygens (including phenoxy) is 1. The Kier molecular flexibility index (Phi) is 3.76. The maximum atomic E-state index is 6.02. The summed E-state index contributed by atoms with van der Waals surface area (Å²) in [6, 6.07) is 7.61. The van der Waals surface area contributed by atoms with Crippen LogP contribution in [0, 0.1) is 6.92 Å². The van der Waals surface area contributed by atoms with Crippen molar-refractivity contribution in [2.24, 2.45) is 0 Å². The molecule has 6 heteroatoms. The smallest absolute Gasteiger partial charge is 0.224 e. The van der Waals surface area contributed by atoms with E-state index in [1.165, 1.54) is 0 Å². The van der Waals surface area contributed by atoms with Crippen molar-refractivity contribution in [3.05, 3.63) is 35.2 Å². The first-order chi connectivity index (χ1) is 9.04. The van der Waals surface area contributed by atoms with Crippen molar-refractivity contribution in [1.29, 1.82) is 0 Å². The number of hydrogen-bond acceptors (Lipinski definition) is 5. The molecule has 0 radical (unpaired) electrons. The number of nitrogen functional groups attached to an aromatic ring is 1. The first-order valence-electron chi connectivity index (χ1n) is 5.71. The highest BCUT2D eigenvalue weighted by atomic mass is 35.5. The van der Waals surface area contributed by atoms with E-state index in [1.54, 1.807) is 14.0 Å². The molecule has 0 saturated heterocycles. The summed E-state index contributed by atoms with van der Waals surface area (Å²) in [5.74, 6) is 1.29. The fraction of sp³-hybridized carbons (Fsp3) is 0.231. The summed E-state index contributed by atoms with van der Waals surface area (Å²) in [5.41, 5.74) is 8.02. The van der Waals surface area contributed by atoms with E-state index in [1.807, 2.05) is 36.2 Å². The largest absolute Gasteiger partial charge is 0.495 e.